The lowest BCUT2D eigenvalue weighted by molar-refractivity contribution is -0.116. The molecule has 0 fully saturated rings. The van der Waals surface area contributed by atoms with E-state index >= 15 is 0 Å². The van der Waals surface area contributed by atoms with E-state index in [0.717, 1.165) is 5.56 Å². The Morgan fingerprint density at radius 2 is 1.91 bits per heavy atom. The molecule has 0 radical (unpaired) electrons. The van der Waals surface area contributed by atoms with Gasteiger partial charge in [0.15, 0.2) is 5.78 Å². The Bertz CT molecular complexity index is 1630. The van der Waals surface area contributed by atoms with E-state index in [0.29, 0.717) is 43.6 Å². The molecule has 0 aliphatic rings. The summed E-state index contributed by atoms with van der Waals surface area (Å²) < 4.78 is 6.72. The molecule has 1 amide bonds. The molecule has 0 spiro atoms. The SMILES string of the molecule is CC(=O)c1cccc(NC(=O)Cn2cnc3sc(-c4nc(-c5ccccc5)no4)c(C)c3c2=O)c1. The summed E-state index contributed by atoms with van der Waals surface area (Å²) in [6.45, 7) is 3.02. The second-order valence-corrected chi connectivity index (χ2v) is 8.89. The van der Waals surface area contributed by atoms with Crippen LogP contribution < -0.4 is 10.9 Å². The zero-order valence-electron chi connectivity index (χ0n) is 18.8. The van der Waals surface area contributed by atoms with Gasteiger partial charge in [0.25, 0.3) is 11.4 Å². The van der Waals surface area contributed by atoms with Crippen molar-refractivity contribution < 1.29 is 14.1 Å². The molecule has 5 aromatic rings. The van der Waals surface area contributed by atoms with E-state index in [1.54, 1.807) is 31.2 Å². The third kappa shape index (κ3) is 4.38. The van der Waals surface area contributed by atoms with Crippen LogP contribution in [0.3, 0.4) is 0 Å². The van der Waals surface area contributed by atoms with Crippen molar-refractivity contribution in [3.8, 4) is 22.2 Å². The van der Waals surface area contributed by atoms with Gasteiger partial charge in [-0.2, -0.15) is 4.98 Å². The van der Waals surface area contributed by atoms with Gasteiger partial charge in [-0.15, -0.1) is 11.3 Å². The molecule has 0 atom stereocenters. The lowest BCUT2D eigenvalue weighted by Gasteiger charge is -2.08. The highest BCUT2D eigenvalue weighted by molar-refractivity contribution is 7.22. The molecular weight excluding hydrogens is 466 g/mol. The van der Waals surface area contributed by atoms with Gasteiger partial charge in [0.05, 0.1) is 16.6 Å². The molecule has 0 aliphatic carbocycles. The topological polar surface area (TPSA) is 120 Å². The normalized spacial score (nSPS) is 11.0. The van der Waals surface area contributed by atoms with E-state index in [9.17, 15) is 14.4 Å². The number of ketones is 1. The molecule has 3 heterocycles. The third-order valence-corrected chi connectivity index (χ3v) is 6.62. The number of carbonyl (C=O) groups is 2. The molecule has 2 aromatic carbocycles. The van der Waals surface area contributed by atoms with Crippen LogP contribution >= 0.6 is 11.3 Å². The van der Waals surface area contributed by atoms with Crippen LogP contribution in [0.25, 0.3) is 32.4 Å². The Morgan fingerprint density at radius 3 is 2.69 bits per heavy atom. The summed E-state index contributed by atoms with van der Waals surface area (Å²) >= 11 is 1.28. The highest BCUT2D eigenvalue weighted by atomic mass is 32.1. The summed E-state index contributed by atoms with van der Waals surface area (Å²) in [6, 6.07) is 16.1. The molecule has 10 heteroatoms. The van der Waals surface area contributed by atoms with Gasteiger partial charge in [0.2, 0.25) is 11.7 Å². The zero-order chi connectivity index (χ0) is 24.5. The van der Waals surface area contributed by atoms with Crippen LogP contribution in [0.1, 0.15) is 22.8 Å². The van der Waals surface area contributed by atoms with Crippen LogP contribution in [0, 0.1) is 6.92 Å². The van der Waals surface area contributed by atoms with Gasteiger partial charge in [-0.05, 0) is 31.5 Å². The molecule has 35 heavy (non-hydrogen) atoms. The first-order valence-electron chi connectivity index (χ1n) is 10.7. The van der Waals surface area contributed by atoms with Crippen molar-refractivity contribution >= 4 is 38.9 Å². The molecular formula is C25H19N5O4S. The zero-order valence-corrected chi connectivity index (χ0v) is 19.6. The van der Waals surface area contributed by atoms with E-state index < -0.39 is 5.91 Å². The minimum atomic E-state index is -0.411. The van der Waals surface area contributed by atoms with Gasteiger partial charge in [0.1, 0.15) is 11.4 Å². The van der Waals surface area contributed by atoms with Gasteiger partial charge in [0, 0.05) is 16.8 Å². The summed E-state index contributed by atoms with van der Waals surface area (Å²) in [4.78, 5) is 47.4. The van der Waals surface area contributed by atoms with Crippen LogP contribution in [-0.2, 0) is 11.3 Å². The van der Waals surface area contributed by atoms with E-state index in [-0.39, 0.29) is 17.9 Å². The number of benzene rings is 2. The number of anilines is 1. The summed E-state index contributed by atoms with van der Waals surface area (Å²) in [7, 11) is 0. The minimum absolute atomic E-state index is 0.104. The summed E-state index contributed by atoms with van der Waals surface area (Å²) in [5.41, 5.74) is 2.10. The second kappa shape index (κ2) is 9.07. The molecule has 174 valence electrons. The van der Waals surface area contributed by atoms with E-state index in [2.05, 4.69) is 20.4 Å². The van der Waals surface area contributed by atoms with Crippen molar-refractivity contribution in [3.63, 3.8) is 0 Å². The number of aromatic nitrogens is 4. The largest absolute Gasteiger partial charge is 0.333 e. The van der Waals surface area contributed by atoms with Crippen LogP contribution in [0.15, 0.2) is 70.2 Å². The lowest BCUT2D eigenvalue weighted by atomic mass is 10.1. The van der Waals surface area contributed by atoms with Crippen molar-refractivity contribution in [1.82, 2.24) is 19.7 Å². The van der Waals surface area contributed by atoms with Gasteiger partial charge >= 0.3 is 0 Å². The first-order valence-corrected chi connectivity index (χ1v) is 11.5. The number of hydrogen-bond donors (Lipinski definition) is 1. The summed E-state index contributed by atoms with van der Waals surface area (Å²) in [5.74, 6) is 0.242. The van der Waals surface area contributed by atoms with Crippen molar-refractivity contribution in [2.24, 2.45) is 0 Å². The number of fused-ring (bicyclic) bond motifs is 1. The van der Waals surface area contributed by atoms with Crippen molar-refractivity contribution in [2.75, 3.05) is 5.32 Å². The van der Waals surface area contributed by atoms with Crippen molar-refractivity contribution in [2.45, 2.75) is 20.4 Å². The fourth-order valence-electron chi connectivity index (χ4n) is 3.67. The van der Waals surface area contributed by atoms with Gasteiger partial charge in [-0.1, -0.05) is 47.6 Å². The monoisotopic (exact) mass is 485 g/mol. The molecule has 9 nitrogen and oxygen atoms in total. The number of thiophene rings is 1. The quantitative estimate of drug-likeness (QED) is 0.356. The maximum atomic E-state index is 13.2. The number of rotatable bonds is 6. The van der Waals surface area contributed by atoms with Crippen molar-refractivity contribution in [3.05, 3.63) is 82.4 Å². The van der Waals surface area contributed by atoms with E-state index in [4.69, 9.17) is 4.52 Å². The van der Waals surface area contributed by atoms with Gasteiger partial charge in [-0.25, -0.2) is 4.98 Å². The van der Waals surface area contributed by atoms with Crippen LogP contribution in [0.5, 0.6) is 0 Å². The minimum Gasteiger partial charge on any atom is -0.333 e. The molecule has 5 rings (SSSR count). The third-order valence-electron chi connectivity index (χ3n) is 5.44. The Balaban J connectivity index is 1.42. The summed E-state index contributed by atoms with van der Waals surface area (Å²) in [5, 5.41) is 7.17. The predicted octanol–water partition coefficient (Wildman–Crippen LogP) is 4.32. The smallest absolute Gasteiger partial charge is 0.268 e. The average molecular weight is 486 g/mol. The molecule has 0 saturated carbocycles. The average Bonchev–Trinajstić information content (AvgIpc) is 3.47. The lowest BCUT2D eigenvalue weighted by Crippen LogP contribution is -2.27. The molecule has 0 saturated heterocycles. The predicted molar refractivity (Wildman–Crippen MR) is 132 cm³/mol. The Morgan fingerprint density at radius 1 is 1.11 bits per heavy atom. The van der Waals surface area contributed by atoms with Gasteiger partial charge in [-0.3, -0.25) is 19.0 Å². The maximum absolute atomic E-state index is 13.2. The fourth-order valence-corrected chi connectivity index (χ4v) is 4.73. The first-order chi connectivity index (χ1) is 16.9. The maximum Gasteiger partial charge on any atom is 0.268 e. The standard InChI is InChI=1S/C25H19N5O4S/c1-14-20-24(35-21(14)23-28-22(29-34-23)16-7-4-3-5-8-16)26-13-30(25(20)33)12-19(32)27-18-10-6-9-17(11-18)15(2)31/h3-11,13H,12H2,1-2H3,(H,27,32). The molecule has 0 bridgehead atoms. The Hall–Kier alpha value is -4.44. The van der Waals surface area contributed by atoms with Gasteiger partial charge < -0.3 is 9.84 Å². The number of aryl methyl sites for hydroxylation is 1. The number of carbonyl (C=O) groups excluding carboxylic acids is 2. The van der Waals surface area contributed by atoms with E-state index in [1.807, 2.05) is 30.3 Å². The number of Topliss-reactive ketones (excluding diaryl/α,β-unsaturated/α-hetero) is 1. The Kier molecular flexibility index (Phi) is 5.79. The van der Waals surface area contributed by atoms with Crippen LogP contribution in [-0.4, -0.2) is 31.4 Å². The van der Waals surface area contributed by atoms with Crippen molar-refractivity contribution in [1.29, 1.82) is 0 Å². The second-order valence-electron chi connectivity index (χ2n) is 7.89. The molecule has 0 aliphatic heterocycles. The number of nitrogens with one attached hydrogen (secondary N) is 1. The number of nitrogens with zero attached hydrogens (tertiary/aromatic N) is 4. The number of hydrogen-bond acceptors (Lipinski definition) is 8. The summed E-state index contributed by atoms with van der Waals surface area (Å²) in [6.07, 6.45) is 1.35. The molecule has 0 unspecified atom stereocenters. The fraction of sp³-hybridized carbons (Fsp3) is 0.120. The Labute approximate surface area is 203 Å². The number of amides is 1. The molecule has 1 N–H and O–H groups in total. The van der Waals surface area contributed by atoms with Crippen LogP contribution in [0.2, 0.25) is 0 Å². The first kappa shape index (κ1) is 22.4. The van der Waals surface area contributed by atoms with E-state index in [1.165, 1.54) is 29.2 Å². The highest BCUT2D eigenvalue weighted by Crippen LogP contribution is 2.35. The molecule has 3 aromatic heterocycles. The highest BCUT2D eigenvalue weighted by Gasteiger charge is 2.21. The van der Waals surface area contributed by atoms with Crippen LogP contribution in [0.4, 0.5) is 5.69 Å².